The van der Waals surface area contributed by atoms with Gasteiger partial charge in [-0.2, -0.15) is 0 Å². The van der Waals surface area contributed by atoms with Crippen LogP contribution in [0.3, 0.4) is 0 Å². The average Bonchev–Trinajstić information content (AvgIpc) is 2.38. The van der Waals surface area contributed by atoms with Gasteiger partial charge in [-0.3, -0.25) is 0 Å². The first-order valence-electron chi connectivity index (χ1n) is 6.71. The van der Waals surface area contributed by atoms with E-state index in [1.165, 1.54) is 5.56 Å². The van der Waals surface area contributed by atoms with Gasteiger partial charge in [0.15, 0.2) is 5.82 Å². The third-order valence-electron chi connectivity index (χ3n) is 2.97. The number of rotatable bonds is 4. The second-order valence-electron chi connectivity index (χ2n) is 5.26. The van der Waals surface area contributed by atoms with Crippen LogP contribution in [0.4, 0.5) is 5.82 Å². The Morgan fingerprint density at radius 2 is 1.79 bits per heavy atom. The van der Waals surface area contributed by atoms with Gasteiger partial charge in [0.2, 0.25) is 0 Å². The highest BCUT2D eigenvalue weighted by Gasteiger charge is 2.05. The zero-order valence-corrected chi connectivity index (χ0v) is 12.1. The Bertz CT molecular complexity index is 544. The summed E-state index contributed by atoms with van der Waals surface area (Å²) >= 11 is 0. The van der Waals surface area contributed by atoms with Crippen LogP contribution in [0.1, 0.15) is 25.1 Å². The minimum atomic E-state index is 0.678. The molecule has 0 bridgehead atoms. The summed E-state index contributed by atoms with van der Waals surface area (Å²) in [5.41, 5.74) is 3.40. The molecule has 3 nitrogen and oxygen atoms in total. The molecular weight excluding hydrogens is 234 g/mol. The van der Waals surface area contributed by atoms with Crippen molar-refractivity contribution in [1.82, 2.24) is 9.97 Å². The van der Waals surface area contributed by atoms with E-state index in [-0.39, 0.29) is 0 Å². The summed E-state index contributed by atoms with van der Waals surface area (Å²) in [6.45, 7) is 6.45. The molecule has 0 saturated carbocycles. The maximum atomic E-state index is 4.49. The lowest BCUT2D eigenvalue weighted by Crippen LogP contribution is -1.99. The zero-order valence-electron chi connectivity index (χ0n) is 12.1. The summed E-state index contributed by atoms with van der Waals surface area (Å²) in [6.07, 6.45) is 1.11. The number of nitrogens with zero attached hydrogens (tertiary/aromatic N) is 2. The van der Waals surface area contributed by atoms with Gasteiger partial charge in [0, 0.05) is 24.4 Å². The summed E-state index contributed by atoms with van der Waals surface area (Å²) in [4.78, 5) is 8.98. The van der Waals surface area contributed by atoms with Gasteiger partial charge in [0.05, 0.1) is 0 Å². The van der Waals surface area contributed by atoms with Gasteiger partial charge in [-0.25, -0.2) is 9.97 Å². The highest BCUT2D eigenvalue weighted by atomic mass is 15.0. The van der Waals surface area contributed by atoms with E-state index in [0.29, 0.717) is 5.92 Å². The Morgan fingerprint density at radius 3 is 2.37 bits per heavy atom. The van der Waals surface area contributed by atoms with Gasteiger partial charge in [-0.1, -0.05) is 38.1 Å². The second kappa shape index (κ2) is 5.83. The predicted molar refractivity (Wildman–Crippen MR) is 80.3 cm³/mol. The number of benzene rings is 1. The first-order chi connectivity index (χ1) is 9.08. The number of hydrogen-bond donors (Lipinski definition) is 1. The Hall–Kier alpha value is -1.90. The van der Waals surface area contributed by atoms with Crippen molar-refractivity contribution in [2.45, 2.75) is 27.2 Å². The molecule has 0 atom stereocenters. The lowest BCUT2D eigenvalue weighted by Gasteiger charge is -2.08. The Morgan fingerprint density at radius 1 is 1.11 bits per heavy atom. The highest BCUT2D eigenvalue weighted by Crippen LogP contribution is 2.19. The molecule has 2 aromatic rings. The normalized spacial score (nSPS) is 10.8. The largest absolute Gasteiger partial charge is 0.373 e. The molecule has 100 valence electrons. The van der Waals surface area contributed by atoms with Crippen molar-refractivity contribution in [3.8, 4) is 11.4 Å². The molecular formula is C16H21N3. The predicted octanol–water partition coefficient (Wildman–Crippen LogP) is 3.69. The van der Waals surface area contributed by atoms with Crippen LogP contribution in [0.2, 0.25) is 0 Å². The van der Waals surface area contributed by atoms with E-state index in [1.807, 2.05) is 20.0 Å². The highest BCUT2D eigenvalue weighted by molar-refractivity contribution is 5.58. The van der Waals surface area contributed by atoms with Crippen molar-refractivity contribution < 1.29 is 0 Å². The summed E-state index contributed by atoms with van der Waals surface area (Å²) in [6, 6.07) is 10.5. The first kappa shape index (κ1) is 13.5. The van der Waals surface area contributed by atoms with E-state index < -0.39 is 0 Å². The van der Waals surface area contributed by atoms with Crippen LogP contribution in [0, 0.1) is 12.8 Å². The fourth-order valence-corrected chi connectivity index (χ4v) is 2.09. The minimum absolute atomic E-state index is 0.678. The standard InChI is InChI=1S/C16H21N3/c1-11(2)9-13-5-7-14(8-6-13)16-18-12(3)10-15(17-4)19-16/h5-8,10-11H,9H2,1-4H3,(H,17,18,19). The summed E-state index contributed by atoms with van der Waals surface area (Å²) in [5.74, 6) is 2.31. The fourth-order valence-electron chi connectivity index (χ4n) is 2.09. The first-order valence-corrected chi connectivity index (χ1v) is 6.71. The van der Waals surface area contributed by atoms with Crippen LogP contribution in [0.25, 0.3) is 11.4 Å². The van der Waals surface area contributed by atoms with Crippen molar-refractivity contribution >= 4 is 5.82 Å². The Balaban J connectivity index is 2.29. The molecule has 2 rings (SSSR count). The quantitative estimate of drug-likeness (QED) is 0.905. The molecule has 0 amide bonds. The molecule has 1 heterocycles. The monoisotopic (exact) mass is 255 g/mol. The van der Waals surface area contributed by atoms with Crippen LogP contribution >= 0.6 is 0 Å². The molecule has 3 heteroatoms. The molecule has 1 aromatic carbocycles. The fraction of sp³-hybridized carbons (Fsp3) is 0.375. The second-order valence-corrected chi connectivity index (χ2v) is 5.26. The molecule has 0 aliphatic carbocycles. The van der Waals surface area contributed by atoms with Crippen LogP contribution in [0.15, 0.2) is 30.3 Å². The maximum absolute atomic E-state index is 4.49. The van der Waals surface area contributed by atoms with Crippen molar-refractivity contribution in [2.75, 3.05) is 12.4 Å². The number of aromatic nitrogens is 2. The summed E-state index contributed by atoms with van der Waals surface area (Å²) < 4.78 is 0. The van der Waals surface area contributed by atoms with Gasteiger partial charge >= 0.3 is 0 Å². The van der Waals surface area contributed by atoms with Crippen LogP contribution in [-0.2, 0) is 6.42 Å². The lowest BCUT2D eigenvalue weighted by atomic mass is 10.0. The molecule has 1 N–H and O–H groups in total. The van der Waals surface area contributed by atoms with Crippen molar-refractivity contribution in [1.29, 1.82) is 0 Å². The van der Waals surface area contributed by atoms with Crippen molar-refractivity contribution in [3.05, 3.63) is 41.6 Å². The summed E-state index contributed by atoms with van der Waals surface area (Å²) in [7, 11) is 1.87. The molecule has 0 aliphatic rings. The molecule has 0 saturated heterocycles. The molecule has 0 radical (unpaired) electrons. The molecule has 0 fully saturated rings. The van der Waals surface area contributed by atoms with E-state index in [0.717, 1.165) is 29.3 Å². The van der Waals surface area contributed by atoms with E-state index in [9.17, 15) is 0 Å². The van der Waals surface area contributed by atoms with Gasteiger partial charge in [0.25, 0.3) is 0 Å². The van der Waals surface area contributed by atoms with E-state index in [1.54, 1.807) is 0 Å². The number of anilines is 1. The minimum Gasteiger partial charge on any atom is -0.373 e. The SMILES string of the molecule is CNc1cc(C)nc(-c2ccc(CC(C)C)cc2)n1. The Labute approximate surface area is 115 Å². The third kappa shape index (κ3) is 3.53. The van der Waals surface area contributed by atoms with Crippen molar-refractivity contribution in [3.63, 3.8) is 0 Å². The number of aryl methyl sites for hydroxylation is 1. The molecule has 0 spiro atoms. The zero-order chi connectivity index (χ0) is 13.8. The van der Waals surface area contributed by atoms with Gasteiger partial charge in [0.1, 0.15) is 5.82 Å². The lowest BCUT2D eigenvalue weighted by molar-refractivity contribution is 0.647. The number of hydrogen-bond acceptors (Lipinski definition) is 3. The average molecular weight is 255 g/mol. The molecule has 19 heavy (non-hydrogen) atoms. The Kier molecular flexibility index (Phi) is 4.15. The maximum Gasteiger partial charge on any atom is 0.161 e. The topological polar surface area (TPSA) is 37.8 Å². The smallest absolute Gasteiger partial charge is 0.161 e. The summed E-state index contributed by atoms with van der Waals surface area (Å²) in [5, 5.41) is 3.06. The van der Waals surface area contributed by atoms with E-state index in [2.05, 4.69) is 53.4 Å². The number of nitrogens with one attached hydrogen (secondary N) is 1. The van der Waals surface area contributed by atoms with Crippen LogP contribution < -0.4 is 5.32 Å². The van der Waals surface area contributed by atoms with Gasteiger partial charge in [-0.05, 0) is 24.8 Å². The molecule has 1 aromatic heterocycles. The van der Waals surface area contributed by atoms with Crippen molar-refractivity contribution in [2.24, 2.45) is 5.92 Å². The van der Waals surface area contributed by atoms with E-state index in [4.69, 9.17) is 0 Å². The van der Waals surface area contributed by atoms with E-state index >= 15 is 0 Å². The third-order valence-corrected chi connectivity index (χ3v) is 2.97. The molecule has 0 aliphatic heterocycles. The van der Waals surface area contributed by atoms with Gasteiger partial charge in [-0.15, -0.1) is 0 Å². The molecule has 0 unspecified atom stereocenters. The van der Waals surface area contributed by atoms with Crippen LogP contribution in [0.5, 0.6) is 0 Å². The van der Waals surface area contributed by atoms with Gasteiger partial charge < -0.3 is 5.32 Å². The van der Waals surface area contributed by atoms with Crippen LogP contribution in [-0.4, -0.2) is 17.0 Å².